The predicted octanol–water partition coefficient (Wildman–Crippen LogP) is 2.91. The lowest BCUT2D eigenvalue weighted by molar-refractivity contribution is 0.0995. The molecule has 1 aromatic heterocycles. The summed E-state index contributed by atoms with van der Waals surface area (Å²) in [7, 11) is 3.73. The van der Waals surface area contributed by atoms with Gasteiger partial charge in [-0.25, -0.2) is 0 Å². The molecule has 9 nitrogen and oxygen atoms in total. The van der Waals surface area contributed by atoms with Gasteiger partial charge in [0.2, 0.25) is 5.95 Å². The number of hydrogen-bond acceptors (Lipinski definition) is 8. The van der Waals surface area contributed by atoms with E-state index < -0.39 is 5.91 Å². The predicted molar refractivity (Wildman–Crippen MR) is 143 cm³/mol. The summed E-state index contributed by atoms with van der Waals surface area (Å²) >= 11 is 0. The van der Waals surface area contributed by atoms with E-state index in [1.54, 1.807) is 7.11 Å². The van der Waals surface area contributed by atoms with Crippen molar-refractivity contribution >= 4 is 35.1 Å². The van der Waals surface area contributed by atoms with Gasteiger partial charge in [0.15, 0.2) is 11.5 Å². The van der Waals surface area contributed by atoms with Gasteiger partial charge < -0.3 is 26.0 Å². The number of anilines is 3. The van der Waals surface area contributed by atoms with Crippen LogP contribution in [0.15, 0.2) is 12.1 Å². The first kappa shape index (κ1) is 28.0. The van der Waals surface area contributed by atoms with Gasteiger partial charge in [0.05, 0.1) is 0 Å². The van der Waals surface area contributed by atoms with Gasteiger partial charge in [-0.3, -0.25) is 4.79 Å². The zero-order valence-corrected chi connectivity index (χ0v) is 22.6. The molecule has 1 atom stereocenters. The number of rotatable bonds is 10. The molecule has 4 N–H and O–H groups in total. The SMILES string of the molecule is CCC(C)=c1c(C)cc(Nc2nc(N[C@H](C)CCOC)nnc2C(N)=O)c/c1=C/N(C)C(C)(C)C. The summed E-state index contributed by atoms with van der Waals surface area (Å²) in [5.41, 5.74) is 8.72. The van der Waals surface area contributed by atoms with E-state index in [1.807, 2.05) is 13.0 Å². The van der Waals surface area contributed by atoms with Gasteiger partial charge in [-0.15, -0.1) is 10.2 Å². The lowest BCUT2D eigenvalue weighted by Gasteiger charge is -2.31. The number of nitrogens with zero attached hydrogens (tertiary/aromatic N) is 4. The van der Waals surface area contributed by atoms with Gasteiger partial charge in [0, 0.05) is 44.2 Å². The number of amides is 1. The van der Waals surface area contributed by atoms with E-state index in [-0.39, 0.29) is 23.1 Å². The molecular formula is C26H41N7O2. The summed E-state index contributed by atoms with van der Waals surface area (Å²) in [6.07, 6.45) is 3.88. The summed E-state index contributed by atoms with van der Waals surface area (Å²) in [5.74, 6) is -0.134. The normalized spacial score (nSPS) is 13.9. The number of carbonyl (C=O) groups excluding carboxylic acids is 1. The number of benzene rings is 1. The van der Waals surface area contributed by atoms with Crippen molar-refractivity contribution in [1.82, 2.24) is 20.1 Å². The Morgan fingerprint density at radius 1 is 1.29 bits per heavy atom. The highest BCUT2D eigenvalue weighted by Gasteiger charge is 2.17. The number of aryl methyl sites for hydroxylation is 1. The maximum atomic E-state index is 12.0. The quantitative estimate of drug-likeness (QED) is 0.472. The van der Waals surface area contributed by atoms with Crippen molar-refractivity contribution in [2.24, 2.45) is 5.73 Å². The third-order valence-corrected chi connectivity index (χ3v) is 6.03. The Balaban J connectivity index is 2.59. The molecule has 9 heteroatoms. The fourth-order valence-electron chi connectivity index (χ4n) is 3.51. The van der Waals surface area contributed by atoms with Crippen LogP contribution in [-0.2, 0) is 4.74 Å². The zero-order chi connectivity index (χ0) is 26.3. The Morgan fingerprint density at radius 2 is 1.97 bits per heavy atom. The number of carbonyl (C=O) groups is 1. The largest absolute Gasteiger partial charge is 0.385 e. The molecule has 0 aliphatic heterocycles. The van der Waals surface area contributed by atoms with E-state index in [0.29, 0.717) is 12.6 Å². The molecule has 0 aliphatic rings. The maximum absolute atomic E-state index is 12.0. The van der Waals surface area contributed by atoms with Crippen LogP contribution in [0.2, 0.25) is 0 Å². The summed E-state index contributed by atoms with van der Waals surface area (Å²) in [5, 5.41) is 16.8. The molecule has 1 amide bonds. The molecule has 2 rings (SSSR count). The van der Waals surface area contributed by atoms with Crippen LogP contribution in [0.4, 0.5) is 17.5 Å². The molecule has 35 heavy (non-hydrogen) atoms. The standard InChI is InChI=1S/C26H41N7O2/c1-10-16(2)21-17(3)13-20(14-19(21)15-33(8)26(5,6)7)29-24-22(23(27)34)31-32-25(30-24)28-18(4)11-12-35-9/h13-15,18H,10-12H2,1-9H3,(H2,27,34)(H2,28,29,30,32)/b19-15-,21-16?/t18-/m1/s1. The van der Waals surface area contributed by atoms with E-state index >= 15 is 0 Å². The average Bonchev–Trinajstić information content (AvgIpc) is 2.76. The summed E-state index contributed by atoms with van der Waals surface area (Å²) in [4.78, 5) is 18.7. The lowest BCUT2D eigenvalue weighted by atomic mass is 10.0. The van der Waals surface area contributed by atoms with Crippen molar-refractivity contribution in [2.75, 3.05) is 31.4 Å². The van der Waals surface area contributed by atoms with Crippen molar-refractivity contribution in [3.63, 3.8) is 0 Å². The number of primary amides is 1. The fraction of sp³-hybridized carbons (Fsp3) is 0.538. The number of ether oxygens (including phenoxy) is 1. The maximum Gasteiger partial charge on any atom is 0.273 e. The number of methoxy groups -OCH3 is 1. The Labute approximate surface area is 208 Å². The highest BCUT2D eigenvalue weighted by molar-refractivity contribution is 5.96. The van der Waals surface area contributed by atoms with Gasteiger partial charge in [0.1, 0.15) is 0 Å². The van der Waals surface area contributed by atoms with E-state index in [1.165, 1.54) is 10.8 Å². The van der Waals surface area contributed by atoms with Crippen LogP contribution in [0, 0.1) is 6.92 Å². The first-order valence-electron chi connectivity index (χ1n) is 12.0. The molecule has 1 heterocycles. The van der Waals surface area contributed by atoms with Crippen molar-refractivity contribution in [1.29, 1.82) is 0 Å². The molecule has 1 aromatic carbocycles. The minimum atomic E-state index is -0.700. The van der Waals surface area contributed by atoms with E-state index in [9.17, 15) is 4.79 Å². The number of nitrogens with two attached hydrogens (primary N) is 1. The molecule has 0 bridgehead atoms. The van der Waals surface area contributed by atoms with Crippen molar-refractivity contribution in [3.8, 4) is 0 Å². The molecule has 0 radical (unpaired) electrons. The molecule has 0 spiro atoms. The molecule has 0 saturated carbocycles. The zero-order valence-electron chi connectivity index (χ0n) is 22.6. The number of hydrogen-bond donors (Lipinski definition) is 3. The molecule has 0 saturated heterocycles. The average molecular weight is 484 g/mol. The van der Waals surface area contributed by atoms with Crippen LogP contribution in [0.3, 0.4) is 0 Å². The van der Waals surface area contributed by atoms with Crippen LogP contribution in [0.1, 0.15) is 70.4 Å². The van der Waals surface area contributed by atoms with Gasteiger partial charge in [-0.2, -0.15) is 4.98 Å². The molecular weight excluding hydrogens is 442 g/mol. The molecule has 0 unspecified atom stereocenters. The second kappa shape index (κ2) is 12.0. The van der Waals surface area contributed by atoms with Gasteiger partial charge in [-0.1, -0.05) is 12.5 Å². The summed E-state index contributed by atoms with van der Waals surface area (Å²) in [6.45, 7) is 15.5. The smallest absolute Gasteiger partial charge is 0.273 e. The first-order chi connectivity index (χ1) is 16.4. The van der Waals surface area contributed by atoms with Crippen LogP contribution < -0.4 is 26.8 Å². The monoisotopic (exact) mass is 483 g/mol. The Morgan fingerprint density at radius 3 is 2.54 bits per heavy atom. The van der Waals surface area contributed by atoms with E-state index in [2.05, 4.69) is 91.6 Å². The molecule has 192 valence electrons. The highest BCUT2D eigenvalue weighted by Crippen LogP contribution is 2.18. The van der Waals surface area contributed by atoms with Gasteiger partial charge >= 0.3 is 0 Å². The Kier molecular flexibility index (Phi) is 9.59. The Hall–Kier alpha value is -3.20. The fourth-order valence-corrected chi connectivity index (χ4v) is 3.51. The molecule has 0 fully saturated rings. The van der Waals surface area contributed by atoms with E-state index in [4.69, 9.17) is 10.5 Å². The van der Waals surface area contributed by atoms with Crippen LogP contribution in [-0.4, -0.2) is 58.3 Å². The van der Waals surface area contributed by atoms with Gasteiger partial charge in [0.25, 0.3) is 5.91 Å². The lowest BCUT2D eigenvalue weighted by Crippen LogP contribution is -2.39. The van der Waals surface area contributed by atoms with Crippen molar-refractivity contribution in [3.05, 3.63) is 33.8 Å². The minimum Gasteiger partial charge on any atom is -0.385 e. The van der Waals surface area contributed by atoms with Crippen LogP contribution in [0.5, 0.6) is 0 Å². The Bertz CT molecular complexity index is 1160. The van der Waals surface area contributed by atoms with E-state index in [0.717, 1.165) is 29.3 Å². The minimum absolute atomic E-state index is 0.0181. The number of nitrogens with one attached hydrogen (secondary N) is 2. The highest BCUT2D eigenvalue weighted by atomic mass is 16.5. The topological polar surface area (TPSA) is 118 Å². The third-order valence-electron chi connectivity index (χ3n) is 6.03. The molecule has 0 aliphatic carbocycles. The second-order valence-corrected chi connectivity index (χ2v) is 9.95. The first-order valence-corrected chi connectivity index (χ1v) is 12.0. The van der Waals surface area contributed by atoms with Gasteiger partial charge in [-0.05, 0) is 82.5 Å². The van der Waals surface area contributed by atoms with Crippen molar-refractivity contribution in [2.45, 2.75) is 72.9 Å². The van der Waals surface area contributed by atoms with Crippen molar-refractivity contribution < 1.29 is 9.53 Å². The summed E-state index contributed by atoms with van der Waals surface area (Å²) in [6, 6.07) is 4.17. The summed E-state index contributed by atoms with van der Waals surface area (Å²) < 4.78 is 5.13. The second-order valence-electron chi connectivity index (χ2n) is 9.95. The number of aromatic nitrogens is 3. The van der Waals surface area contributed by atoms with Crippen LogP contribution in [0.25, 0.3) is 11.8 Å². The molecule has 2 aromatic rings. The third kappa shape index (κ3) is 7.65. The van der Waals surface area contributed by atoms with Crippen LogP contribution >= 0.6 is 0 Å².